The van der Waals surface area contributed by atoms with Gasteiger partial charge in [-0.15, -0.1) is 0 Å². The molecule has 0 fully saturated rings. The number of carbonyl (C=O) groups excluding carboxylic acids is 2. The Morgan fingerprint density at radius 1 is 0.931 bits per heavy atom. The van der Waals surface area contributed by atoms with Crippen LogP contribution < -0.4 is 5.32 Å². The Morgan fingerprint density at radius 3 is 2.38 bits per heavy atom. The SMILES string of the molecule is Cc1cccc2[nH]c(C(=O)c3cc4ccc(NC(=O)OC(C)(C)C)cc4[nH]3)cc12. The summed E-state index contributed by atoms with van der Waals surface area (Å²) in [7, 11) is 0. The van der Waals surface area contributed by atoms with Crippen LogP contribution in [0.4, 0.5) is 10.5 Å². The zero-order valence-corrected chi connectivity index (χ0v) is 16.8. The van der Waals surface area contributed by atoms with Gasteiger partial charge >= 0.3 is 6.09 Å². The Morgan fingerprint density at radius 2 is 1.66 bits per heavy atom. The lowest BCUT2D eigenvalue weighted by Gasteiger charge is -2.19. The van der Waals surface area contributed by atoms with Crippen LogP contribution in [0.1, 0.15) is 42.5 Å². The number of hydrogen-bond donors (Lipinski definition) is 3. The highest BCUT2D eigenvalue weighted by Crippen LogP contribution is 2.24. The number of ether oxygens (including phenoxy) is 1. The van der Waals surface area contributed by atoms with Crippen molar-refractivity contribution in [3.8, 4) is 0 Å². The van der Waals surface area contributed by atoms with Gasteiger partial charge in [0, 0.05) is 27.5 Å². The summed E-state index contributed by atoms with van der Waals surface area (Å²) in [5.74, 6) is -0.113. The van der Waals surface area contributed by atoms with E-state index in [0.29, 0.717) is 17.1 Å². The Hall–Kier alpha value is -3.54. The molecule has 6 nitrogen and oxygen atoms in total. The van der Waals surface area contributed by atoms with Gasteiger partial charge in [-0.1, -0.05) is 18.2 Å². The van der Waals surface area contributed by atoms with Gasteiger partial charge < -0.3 is 14.7 Å². The lowest BCUT2D eigenvalue weighted by Crippen LogP contribution is -2.27. The summed E-state index contributed by atoms with van der Waals surface area (Å²) >= 11 is 0. The monoisotopic (exact) mass is 389 g/mol. The molecule has 3 N–H and O–H groups in total. The molecular weight excluding hydrogens is 366 g/mol. The number of aromatic amines is 2. The first-order chi connectivity index (χ1) is 13.7. The second kappa shape index (κ2) is 6.81. The Balaban J connectivity index is 1.60. The van der Waals surface area contributed by atoms with Crippen LogP contribution in [0.15, 0.2) is 48.5 Å². The van der Waals surface area contributed by atoms with Crippen molar-refractivity contribution in [1.82, 2.24) is 9.97 Å². The van der Waals surface area contributed by atoms with Gasteiger partial charge in [0.25, 0.3) is 0 Å². The summed E-state index contributed by atoms with van der Waals surface area (Å²) < 4.78 is 5.27. The van der Waals surface area contributed by atoms with Gasteiger partial charge in [0.05, 0.1) is 11.4 Å². The van der Waals surface area contributed by atoms with Crippen molar-refractivity contribution in [3.05, 3.63) is 65.5 Å². The van der Waals surface area contributed by atoms with E-state index in [9.17, 15) is 9.59 Å². The van der Waals surface area contributed by atoms with Crippen LogP contribution in [-0.2, 0) is 4.74 Å². The van der Waals surface area contributed by atoms with Gasteiger partial charge in [-0.3, -0.25) is 10.1 Å². The minimum absolute atomic E-state index is 0.113. The smallest absolute Gasteiger partial charge is 0.412 e. The highest BCUT2D eigenvalue weighted by Gasteiger charge is 2.18. The Bertz CT molecular complexity index is 1240. The van der Waals surface area contributed by atoms with Gasteiger partial charge in [0.15, 0.2) is 0 Å². The lowest BCUT2D eigenvalue weighted by molar-refractivity contribution is 0.0636. The maximum absolute atomic E-state index is 13.0. The molecule has 6 heteroatoms. The third-order valence-electron chi connectivity index (χ3n) is 4.64. The lowest BCUT2D eigenvalue weighted by atomic mass is 10.1. The average molecular weight is 389 g/mol. The van der Waals surface area contributed by atoms with Crippen LogP contribution in [0.2, 0.25) is 0 Å². The minimum Gasteiger partial charge on any atom is -0.444 e. The average Bonchev–Trinajstić information content (AvgIpc) is 3.23. The van der Waals surface area contributed by atoms with Gasteiger partial charge in [-0.2, -0.15) is 0 Å². The van der Waals surface area contributed by atoms with Crippen LogP contribution in [0.5, 0.6) is 0 Å². The fraction of sp³-hybridized carbons (Fsp3) is 0.217. The number of rotatable bonds is 3. The summed E-state index contributed by atoms with van der Waals surface area (Å²) in [6.45, 7) is 7.45. The third kappa shape index (κ3) is 3.87. The molecule has 0 aliphatic heterocycles. The molecule has 0 radical (unpaired) electrons. The summed E-state index contributed by atoms with van der Waals surface area (Å²) in [5, 5.41) is 4.63. The third-order valence-corrected chi connectivity index (χ3v) is 4.64. The van der Waals surface area contributed by atoms with Crippen LogP contribution in [0.3, 0.4) is 0 Å². The van der Waals surface area contributed by atoms with Crippen LogP contribution in [0, 0.1) is 6.92 Å². The molecule has 2 aromatic carbocycles. The predicted molar refractivity (Wildman–Crippen MR) is 115 cm³/mol. The molecule has 4 rings (SSSR count). The number of benzene rings is 2. The van der Waals surface area contributed by atoms with Gasteiger partial charge in [-0.25, -0.2) is 4.79 Å². The number of nitrogens with one attached hydrogen (secondary N) is 3. The first kappa shape index (κ1) is 18.8. The first-order valence-electron chi connectivity index (χ1n) is 9.45. The molecule has 148 valence electrons. The minimum atomic E-state index is -0.571. The van der Waals surface area contributed by atoms with Crippen molar-refractivity contribution in [1.29, 1.82) is 0 Å². The second-order valence-electron chi connectivity index (χ2n) is 8.16. The quantitative estimate of drug-likeness (QED) is 0.402. The Kier molecular flexibility index (Phi) is 4.42. The van der Waals surface area contributed by atoms with E-state index in [0.717, 1.165) is 27.4 Å². The van der Waals surface area contributed by atoms with E-state index in [1.807, 2.05) is 64.1 Å². The van der Waals surface area contributed by atoms with E-state index >= 15 is 0 Å². The van der Waals surface area contributed by atoms with E-state index in [2.05, 4.69) is 15.3 Å². The van der Waals surface area contributed by atoms with E-state index in [1.165, 1.54) is 0 Å². The normalized spacial score (nSPS) is 11.7. The van der Waals surface area contributed by atoms with Crippen LogP contribution >= 0.6 is 0 Å². The number of aryl methyl sites for hydroxylation is 1. The zero-order chi connectivity index (χ0) is 20.8. The molecule has 4 aromatic rings. The maximum atomic E-state index is 13.0. The summed E-state index contributed by atoms with van der Waals surface area (Å²) in [6.07, 6.45) is -0.520. The Labute approximate surface area is 168 Å². The number of hydrogen-bond acceptors (Lipinski definition) is 3. The van der Waals surface area contributed by atoms with Crippen molar-refractivity contribution in [3.63, 3.8) is 0 Å². The highest BCUT2D eigenvalue weighted by molar-refractivity contribution is 6.11. The van der Waals surface area contributed by atoms with Crippen molar-refractivity contribution in [2.45, 2.75) is 33.3 Å². The molecule has 0 unspecified atom stereocenters. The van der Waals surface area contributed by atoms with Crippen molar-refractivity contribution in [2.24, 2.45) is 0 Å². The largest absolute Gasteiger partial charge is 0.444 e. The number of carbonyl (C=O) groups is 2. The standard InChI is InChI=1S/C23H23N3O3/c1-13-6-5-7-17-16(13)12-20(25-17)21(27)19-10-14-8-9-15(11-18(14)26-19)24-22(28)29-23(2,3)4/h5-12,25-26H,1-4H3,(H,24,28). The van der Waals surface area contributed by atoms with Crippen molar-refractivity contribution in [2.75, 3.05) is 5.32 Å². The fourth-order valence-corrected chi connectivity index (χ4v) is 3.32. The number of amides is 1. The van der Waals surface area contributed by atoms with E-state index in [4.69, 9.17) is 4.74 Å². The second-order valence-corrected chi connectivity index (χ2v) is 8.16. The molecule has 2 heterocycles. The van der Waals surface area contributed by atoms with E-state index in [-0.39, 0.29) is 5.78 Å². The number of ketones is 1. The molecular formula is C23H23N3O3. The molecule has 0 spiro atoms. The van der Waals surface area contributed by atoms with Crippen LogP contribution in [0.25, 0.3) is 21.8 Å². The summed E-state index contributed by atoms with van der Waals surface area (Å²) in [5.41, 5.74) is 3.85. The van der Waals surface area contributed by atoms with E-state index < -0.39 is 11.7 Å². The first-order valence-corrected chi connectivity index (χ1v) is 9.45. The molecule has 0 saturated heterocycles. The molecule has 0 aliphatic carbocycles. The molecule has 1 amide bonds. The van der Waals surface area contributed by atoms with E-state index in [1.54, 1.807) is 12.1 Å². The summed E-state index contributed by atoms with van der Waals surface area (Å²) in [6, 6.07) is 15.0. The van der Waals surface area contributed by atoms with Gasteiger partial charge in [0.1, 0.15) is 5.60 Å². The predicted octanol–water partition coefficient (Wildman–Crippen LogP) is 5.54. The molecule has 2 aromatic heterocycles. The number of aromatic nitrogens is 2. The number of H-pyrrole nitrogens is 2. The topological polar surface area (TPSA) is 87.0 Å². The number of anilines is 1. The van der Waals surface area contributed by atoms with Gasteiger partial charge in [0.2, 0.25) is 5.78 Å². The molecule has 0 aliphatic rings. The molecule has 0 bridgehead atoms. The van der Waals surface area contributed by atoms with Crippen LogP contribution in [-0.4, -0.2) is 27.4 Å². The van der Waals surface area contributed by atoms with Gasteiger partial charge in [-0.05, 0) is 63.6 Å². The summed E-state index contributed by atoms with van der Waals surface area (Å²) in [4.78, 5) is 31.3. The van der Waals surface area contributed by atoms with Crippen molar-refractivity contribution < 1.29 is 14.3 Å². The molecule has 0 saturated carbocycles. The van der Waals surface area contributed by atoms with Crippen molar-refractivity contribution >= 4 is 39.4 Å². The maximum Gasteiger partial charge on any atom is 0.412 e. The molecule has 0 atom stereocenters. The number of fused-ring (bicyclic) bond motifs is 2. The highest BCUT2D eigenvalue weighted by atomic mass is 16.6. The molecule has 29 heavy (non-hydrogen) atoms. The fourth-order valence-electron chi connectivity index (χ4n) is 3.32. The zero-order valence-electron chi connectivity index (χ0n) is 16.8.